The van der Waals surface area contributed by atoms with Gasteiger partial charge in [-0.1, -0.05) is 25.2 Å². The lowest BCUT2D eigenvalue weighted by atomic mass is 9.95. The largest absolute Gasteiger partial charge is 0.435 e. The van der Waals surface area contributed by atoms with Gasteiger partial charge in [0.15, 0.2) is 16.6 Å². The molecule has 0 saturated carbocycles. The first-order valence-corrected chi connectivity index (χ1v) is 10.2. The van der Waals surface area contributed by atoms with Crippen LogP contribution in [0.15, 0.2) is 10.9 Å². The second kappa shape index (κ2) is 7.47. The Morgan fingerprint density at radius 2 is 1.86 bits per heavy atom. The summed E-state index contributed by atoms with van der Waals surface area (Å²) >= 11 is 0.866. The number of nitrogens with zero attached hydrogens (tertiary/aromatic N) is 5. The van der Waals surface area contributed by atoms with Crippen LogP contribution in [0.4, 0.5) is 18.3 Å². The number of aryl methyl sites for hydroxylation is 1. The molecule has 0 aromatic carbocycles. The van der Waals surface area contributed by atoms with E-state index in [1.807, 2.05) is 6.07 Å². The zero-order valence-corrected chi connectivity index (χ0v) is 18.1. The van der Waals surface area contributed by atoms with Gasteiger partial charge in [-0.2, -0.15) is 13.2 Å². The summed E-state index contributed by atoms with van der Waals surface area (Å²) in [4.78, 5) is 18.3. The van der Waals surface area contributed by atoms with Crippen LogP contribution in [0.5, 0.6) is 0 Å². The van der Waals surface area contributed by atoms with Crippen LogP contribution in [0, 0.1) is 6.92 Å². The van der Waals surface area contributed by atoms with Gasteiger partial charge in [0.1, 0.15) is 10.4 Å². The zero-order valence-electron chi connectivity index (χ0n) is 17.3. The maximum absolute atomic E-state index is 13.6. The molecule has 0 fully saturated rings. The minimum absolute atomic E-state index is 0.0461. The minimum Gasteiger partial charge on any atom is -0.354 e. The molecular formula is C19H24F3N5OS. The van der Waals surface area contributed by atoms with Crippen molar-refractivity contribution in [2.45, 2.75) is 45.7 Å². The van der Waals surface area contributed by atoms with Crippen LogP contribution in [-0.2, 0) is 13.2 Å². The van der Waals surface area contributed by atoms with E-state index in [0.29, 0.717) is 11.2 Å². The Balaban J connectivity index is 2.35. The fraction of sp³-hybridized carbons (Fsp3) is 0.526. The van der Waals surface area contributed by atoms with E-state index in [9.17, 15) is 18.0 Å². The summed E-state index contributed by atoms with van der Waals surface area (Å²) in [6.45, 7) is 5.90. The lowest BCUT2D eigenvalue weighted by Gasteiger charge is -2.13. The summed E-state index contributed by atoms with van der Waals surface area (Å²) in [5.74, 6) is 0.142. The van der Waals surface area contributed by atoms with Crippen LogP contribution >= 0.6 is 11.3 Å². The molecule has 0 aliphatic heterocycles. The van der Waals surface area contributed by atoms with E-state index in [2.05, 4.69) is 23.9 Å². The van der Waals surface area contributed by atoms with Gasteiger partial charge in [-0.15, -0.1) is 5.10 Å². The molecule has 3 heterocycles. The number of aromatic nitrogens is 4. The number of alkyl halides is 3. The van der Waals surface area contributed by atoms with E-state index >= 15 is 0 Å². The first-order chi connectivity index (χ1) is 13.5. The molecule has 0 aliphatic rings. The molecule has 29 heavy (non-hydrogen) atoms. The Hall–Kier alpha value is -2.36. The first-order valence-electron chi connectivity index (χ1n) is 9.36. The Kier molecular flexibility index (Phi) is 5.50. The SMILES string of the molecule is CCC(CC)c1cc(C)n2nc(-c3sc(N(C)C)nc3C(F)(F)F)n(C)c(=O)c12. The second-order valence-corrected chi connectivity index (χ2v) is 8.25. The van der Waals surface area contributed by atoms with Crippen molar-refractivity contribution in [2.24, 2.45) is 7.05 Å². The van der Waals surface area contributed by atoms with Crippen molar-refractivity contribution in [3.05, 3.63) is 33.4 Å². The van der Waals surface area contributed by atoms with Crippen LogP contribution in [0.1, 0.15) is 49.6 Å². The molecular weight excluding hydrogens is 403 g/mol. The van der Waals surface area contributed by atoms with Gasteiger partial charge in [0.25, 0.3) is 5.56 Å². The quantitative estimate of drug-likeness (QED) is 0.604. The van der Waals surface area contributed by atoms with Gasteiger partial charge in [0, 0.05) is 26.8 Å². The molecule has 0 bridgehead atoms. The lowest BCUT2D eigenvalue weighted by Crippen LogP contribution is -2.25. The maximum atomic E-state index is 13.6. The molecule has 0 saturated heterocycles. The maximum Gasteiger partial charge on any atom is 0.435 e. The molecule has 3 aromatic rings. The molecule has 158 valence electrons. The van der Waals surface area contributed by atoms with Gasteiger partial charge >= 0.3 is 6.18 Å². The van der Waals surface area contributed by atoms with E-state index in [1.165, 1.54) is 21.0 Å². The Labute approximate surface area is 170 Å². The van der Waals surface area contributed by atoms with Crippen molar-refractivity contribution in [2.75, 3.05) is 19.0 Å². The average Bonchev–Trinajstić information content (AvgIpc) is 3.22. The molecule has 10 heteroatoms. The number of fused-ring (bicyclic) bond motifs is 1. The number of rotatable bonds is 5. The van der Waals surface area contributed by atoms with Crippen molar-refractivity contribution >= 4 is 22.0 Å². The number of anilines is 1. The normalized spacial score (nSPS) is 12.3. The molecule has 0 spiro atoms. The monoisotopic (exact) mass is 427 g/mol. The van der Waals surface area contributed by atoms with Gasteiger partial charge in [-0.3, -0.25) is 9.36 Å². The number of hydrogen-bond acceptors (Lipinski definition) is 5. The summed E-state index contributed by atoms with van der Waals surface area (Å²) in [6, 6.07) is 1.91. The van der Waals surface area contributed by atoms with Crippen molar-refractivity contribution in [3.63, 3.8) is 0 Å². The zero-order chi connectivity index (χ0) is 21.7. The first kappa shape index (κ1) is 21.4. The molecule has 0 unspecified atom stereocenters. The fourth-order valence-electron chi connectivity index (χ4n) is 3.49. The van der Waals surface area contributed by atoms with Crippen LogP contribution < -0.4 is 10.5 Å². The van der Waals surface area contributed by atoms with Gasteiger partial charge in [0.05, 0.1) is 0 Å². The Bertz CT molecular complexity index is 1110. The minimum atomic E-state index is -4.65. The third kappa shape index (κ3) is 3.54. The second-order valence-electron chi connectivity index (χ2n) is 7.27. The summed E-state index contributed by atoms with van der Waals surface area (Å²) < 4.78 is 43.6. The summed E-state index contributed by atoms with van der Waals surface area (Å²) in [7, 11) is 4.70. The molecule has 0 radical (unpaired) electrons. The molecule has 0 atom stereocenters. The smallest absolute Gasteiger partial charge is 0.354 e. The highest BCUT2D eigenvalue weighted by Gasteiger charge is 2.39. The van der Waals surface area contributed by atoms with Crippen molar-refractivity contribution in [1.82, 2.24) is 19.2 Å². The fourth-order valence-corrected chi connectivity index (χ4v) is 4.52. The van der Waals surface area contributed by atoms with E-state index < -0.39 is 11.9 Å². The molecule has 0 N–H and O–H groups in total. The molecule has 3 rings (SSSR count). The lowest BCUT2D eigenvalue weighted by molar-refractivity contribution is -0.140. The molecule has 0 amide bonds. The van der Waals surface area contributed by atoms with Crippen LogP contribution in [0.2, 0.25) is 0 Å². The third-order valence-electron chi connectivity index (χ3n) is 5.10. The van der Waals surface area contributed by atoms with Crippen molar-refractivity contribution < 1.29 is 13.2 Å². The highest BCUT2D eigenvalue weighted by Crippen LogP contribution is 2.41. The van der Waals surface area contributed by atoms with Crippen LogP contribution in [-0.4, -0.2) is 33.3 Å². The number of halogens is 3. The summed E-state index contributed by atoms with van der Waals surface area (Å²) in [5.41, 5.74) is 0.637. The van der Waals surface area contributed by atoms with Gasteiger partial charge < -0.3 is 4.90 Å². The molecule has 6 nitrogen and oxygen atoms in total. The highest BCUT2D eigenvalue weighted by atomic mass is 32.1. The van der Waals surface area contributed by atoms with Gasteiger partial charge in [-0.25, -0.2) is 9.50 Å². The summed E-state index contributed by atoms with van der Waals surface area (Å²) in [5, 5.41) is 4.65. The number of thiazole rings is 1. The Morgan fingerprint density at radius 1 is 1.24 bits per heavy atom. The Morgan fingerprint density at radius 3 is 2.38 bits per heavy atom. The van der Waals surface area contributed by atoms with Gasteiger partial charge in [-0.05, 0) is 37.3 Å². The van der Waals surface area contributed by atoms with Crippen molar-refractivity contribution in [1.29, 1.82) is 0 Å². The van der Waals surface area contributed by atoms with Crippen LogP contribution in [0.3, 0.4) is 0 Å². The topological polar surface area (TPSA) is 55.4 Å². The predicted molar refractivity (Wildman–Crippen MR) is 109 cm³/mol. The molecule has 0 aliphatic carbocycles. The van der Waals surface area contributed by atoms with Gasteiger partial charge in [0.2, 0.25) is 0 Å². The molecule has 3 aromatic heterocycles. The van der Waals surface area contributed by atoms with E-state index in [-0.39, 0.29) is 27.3 Å². The third-order valence-corrected chi connectivity index (χ3v) is 6.32. The predicted octanol–water partition coefficient (Wildman–Crippen LogP) is 4.45. The van der Waals surface area contributed by atoms with Crippen molar-refractivity contribution in [3.8, 4) is 10.7 Å². The van der Waals surface area contributed by atoms with E-state index in [4.69, 9.17) is 0 Å². The number of hydrogen-bond donors (Lipinski definition) is 0. The average molecular weight is 427 g/mol. The standard InChI is InChI=1S/C19H24F3N5OS/c1-7-11(8-2)12-9-10(3)27-13(12)17(28)26(6)16(24-27)14-15(19(20,21)22)23-18(29-14)25(4)5/h9,11H,7-8H2,1-6H3. The summed E-state index contributed by atoms with van der Waals surface area (Å²) in [6.07, 6.45) is -2.93. The van der Waals surface area contributed by atoms with E-state index in [1.54, 1.807) is 21.0 Å². The van der Waals surface area contributed by atoms with Crippen LogP contribution in [0.25, 0.3) is 16.2 Å². The highest BCUT2D eigenvalue weighted by molar-refractivity contribution is 7.19. The van der Waals surface area contributed by atoms with E-state index in [0.717, 1.165) is 29.7 Å².